The van der Waals surface area contributed by atoms with Crippen LogP contribution < -0.4 is 4.90 Å². The average molecular weight is 396 g/mol. The number of hydrogen-bond acceptors (Lipinski definition) is 4. The van der Waals surface area contributed by atoms with Crippen LogP contribution in [-0.2, 0) is 5.41 Å². The van der Waals surface area contributed by atoms with Gasteiger partial charge in [-0.05, 0) is 24.3 Å². The fourth-order valence-corrected chi connectivity index (χ4v) is 3.88. The predicted molar refractivity (Wildman–Crippen MR) is 115 cm³/mol. The van der Waals surface area contributed by atoms with Gasteiger partial charge >= 0.3 is 0 Å². The summed E-state index contributed by atoms with van der Waals surface area (Å²) in [5.74, 6) is -0.699. The monoisotopic (exact) mass is 396 g/mol. The van der Waals surface area contributed by atoms with E-state index in [2.05, 4.69) is 4.98 Å². The van der Waals surface area contributed by atoms with E-state index in [9.17, 15) is 9.59 Å². The van der Waals surface area contributed by atoms with E-state index in [1.807, 2.05) is 57.2 Å². The minimum Gasteiger partial charge on any atom is -0.268 e. The Morgan fingerprint density at radius 1 is 0.800 bits per heavy atom. The third-order valence-electron chi connectivity index (χ3n) is 5.27. The van der Waals surface area contributed by atoms with Gasteiger partial charge in [-0.15, -0.1) is 0 Å². The lowest BCUT2D eigenvalue weighted by Gasteiger charge is -2.16. The van der Waals surface area contributed by atoms with Crippen LogP contribution in [0.1, 0.15) is 47.2 Å². The molecule has 0 radical (unpaired) electrons. The summed E-state index contributed by atoms with van der Waals surface area (Å²) in [6.07, 6.45) is 1.49. The first-order chi connectivity index (χ1) is 14.4. The second-order valence-electron chi connectivity index (χ2n) is 8.37. The number of aromatic nitrogens is 3. The number of para-hydroxylation sites is 2. The lowest BCUT2D eigenvalue weighted by molar-refractivity contribution is 0.0926. The molecular formula is C24H20N4O2. The first-order valence-electron chi connectivity index (χ1n) is 9.79. The first kappa shape index (κ1) is 18.2. The molecular weight excluding hydrogens is 376 g/mol. The molecule has 1 aliphatic rings. The van der Waals surface area contributed by atoms with Crippen molar-refractivity contribution in [2.75, 3.05) is 4.90 Å². The van der Waals surface area contributed by atoms with Gasteiger partial charge in [0.15, 0.2) is 5.65 Å². The van der Waals surface area contributed by atoms with Crippen LogP contribution in [0.3, 0.4) is 0 Å². The Kier molecular flexibility index (Phi) is 3.86. The van der Waals surface area contributed by atoms with Gasteiger partial charge in [-0.25, -0.2) is 14.6 Å². The van der Waals surface area contributed by atoms with Crippen molar-refractivity contribution in [3.05, 3.63) is 83.7 Å². The molecule has 5 rings (SSSR count). The fraction of sp³-hybridized carbons (Fsp3) is 0.167. The quantitative estimate of drug-likeness (QED) is 0.467. The van der Waals surface area contributed by atoms with Gasteiger partial charge in [-0.1, -0.05) is 57.2 Å². The third-order valence-corrected chi connectivity index (χ3v) is 5.27. The van der Waals surface area contributed by atoms with E-state index < -0.39 is 0 Å². The summed E-state index contributed by atoms with van der Waals surface area (Å²) in [6.45, 7) is 6.12. The molecule has 3 heterocycles. The number of hydrogen-bond donors (Lipinski definition) is 0. The second-order valence-corrected chi connectivity index (χ2v) is 8.37. The van der Waals surface area contributed by atoms with E-state index in [0.29, 0.717) is 27.8 Å². The van der Waals surface area contributed by atoms with E-state index in [1.165, 1.54) is 11.1 Å². The van der Waals surface area contributed by atoms with Gasteiger partial charge in [-0.3, -0.25) is 9.59 Å². The fourth-order valence-electron chi connectivity index (χ4n) is 3.88. The highest BCUT2D eigenvalue weighted by Gasteiger charge is 2.41. The van der Waals surface area contributed by atoms with Crippen LogP contribution in [-0.4, -0.2) is 26.6 Å². The van der Waals surface area contributed by atoms with Crippen LogP contribution in [0.2, 0.25) is 0 Å². The van der Waals surface area contributed by atoms with Crippen LogP contribution in [0.25, 0.3) is 16.7 Å². The summed E-state index contributed by atoms with van der Waals surface area (Å²) in [5, 5.41) is 5.48. The summed E-state index contributed by atoms with van der Waals surface area (Å²) in [7, 11) is 0. The molecule has 6 nitrogen and oxygen atoms in total. The molecule has 0 fully saturated rings. The molecule has 148 valence electrons. The number of anilines is 1. The van der Waals surface area contributed by atoms with Gasteiger partial charge in [-0.2, -0.15) is 5.10 Å². The van der Waals surface area contributed by atoms with Gasteiger partial charge < -0.3 is 0 Å². The number of imide groups is 1. The molecule has 4 aromatic rings. The molecule has 0 aliphatic carbocycles. The summed E-state index contributed by atoms with van der Waals surface area (Å²) in [5.41, 5.74) is 3.04. The Bertz CT molecular complexity index is 1300. The van der Waals surface area contributed by atoms with Gasteiger partial charge in [0.1, 0.15) is 0 Å². The summed E-state index contributed by atoms with van der Waals surface area (Å²) in [4.78, 5) is 32.4. The maximum absolute atomic E-state index is 13.5. The average Bonchev–Trinajstić information content (AvgIpc) is 3.25. The number of fused-ring (bicyclic) bond motifs is 3. The van der Waals surface area contributed by atoms with Crippen molar-refractivity contribution in [3.8, 4) is 5.69 Å². The molecule has 0 saturated carbocycles. The SMILES string of the molecule is CC(C)(C)c1nn(-c2ccccc2)c2ncc3c(c12)C(=O)N(c1ccccc1)C3=O. The van der Waals surface area contributed by atoms with Gasteiger partial charge in [0.05, 0.1) is 33.6 Å². The number of pyridine rings is 1. The summed E-state index contributed by atoms with van der Waals surface area (Å²) in [6, 6.07) is 18.6. The smallest absolute Gasteiger partial charge is 0.267 e. The Morgan fingerprint density at radius 2 is 1.40 bits per heavy atom. The first-order valence-corrected chi connectivity index (χ1v) is 9.79. The van der Waals surface area contributed by atoms with Crippen LogP contribution in [0.15, 0.2) is 66.9 Å². The third kappa shape index (κ3) is 2.57. The van der Waals surface area contributed by atoms with E-state index >= 15 is 0 Å². The normalized spacial score (nSPS) is 13.9. The van der Waals surface area contributed by atoms with E-state index in [1.54, 1.807) is 28.9 Å². The van der Waals surface area contributed by atoms with Crippen molar-refractivity contribution in [3.63, 3.8) is 0 Å². The molecule has 0 atom stereocenters. The molecule has 1 aliphatic heterocycles. The van der Waals surface area contributed by atoms with Gasteiger partial charge in [0.25, 0.3) is 11.8 Å². The molecule has 0 unspecified atom stereocenters. The highest BCUT2D eigenvalue weighted by molar-refractivity contribution is 6.37. The topological polar surface area (TPSA) is 68.1 Å². The number of amides is 2. The van der Waals surface area contributed by atoms with Crippen molar-refractivity contribution in [1.29, 1.82) is 0 Å². The summed E-state index contributed by atoms with van der Waals surface area (Å²) >= 11 is 0. The van der Waals surface area contributed by atoms with Crippen molar-refractivity contribution in [2.24, 2.45) is 0 Å². The maximum Gasteiger partial charge on any atom is 0.267 e. The van der Waals surface area contributed by atoms with E-state index in [0.717, 1.165) is 11.4 Å². The van der Waals surface area contributed by atoms with Crippen LogP contribution >= 0.6 is 0 Å². The minimum atomic E-state index is -0.358. The zero-order valence-electron chi connectivity index (χ0n) is 17.0. The van der Waals surface area contributed by atoms with Crippen molar-refractivity contribution >= 4 is 28.5 Å². The van der Waals surface area contributed by atoms with Crippen molar-refractivity contribution in [2.45, 2.75) is 26.2 Å². The minimum absolute atomic E-state index is 0.314. The Morgan fingerprint density at radius 3 is 2.00 bits per heavy atom. The number of rotatable bonds is 2. The lowest BCUT2D eigenvalue weighted by Crippen LogP contribution is -2.29. The molecule has 0 spiro atoms. The Balaban J connectivity index is 1.81. The number of benzene rings is 2. The molecule has 0 bridgehead atoms. The molecule has 2 aromatic heterocycles. The molecule has 0 saturated heterocycles. The van der Waals surface area contributed by atoms with E-state index in [-0.39, 0.29) is 17.2 Å². The highest BCUT2D eigenvalue weighted by Crippen LogP contribution is 2.38. The maximum atomic E-state index is 13.5. The van der Waals surface area contributed by atoms with Crippen LogP contribution in [0.5, 0.6) is 0 Å². The number of nitrogens with zero attached hydrogens (tertiary/aromatic N) is 4. The summed E-state index contributed by atoms with van der Waals surface area (Å²) < 4.78 is 1.75. The molecule has 6 heteroatoms. The molecule has 0 N–H and O–H groups in total. The largest absolute Gasteiger partial charge is 0.268 e. The predicted octanol–water partition coefficient (Wildman–Crippen LogP) is 4.52. The van der Waals surface area contributed by atoms with E-state index in [4.69, 9.17) is 5.10 Å². The highest BCUT2D eigenvalue weighted by atomic mass is 16.2. The molecule has 2 amide bonds. The zero-order chi connectivity index (χ0) is 21.0. The lowest BCUT2D eigenvalue weighted by atomic mass is 9.88. The van der Waals surface area contributed by atoms with Gasteiger partial charge in [0.2, 0.25) is 0 Å². The zero-order valence-corrected chi connectivity index (χ0v) is 17.0. The van der Waals surface area contributed by atoms with Crippen molar-refractivity contribution < 1.29 is 9.59 Å². The molecule has 2 aromatic carbocycles. The van der Waals surface area contributed by atoms with Crippen LogP contribution in [0.4, 0.5) is 5.69 Å². The van der Waals surface area contributed by atoms with Crippen molar-refractivity contribution in [1.82, 2.24) is 14.8 Å². The number of carbonyl (C=O) groups excluding carboxylic acids is 2. The second kappa shape index (κ2) is 6.35. The molecule has 30 heavy (non-hydrogen) atoms. The Hall–Kier alpha value is -3.80. The standard InChI is InChI=1S/C24H20N4O2/c1-24(2,3)20-19-18-17(22(29)27(23(18)30)15-10-6-4-7-11-15)14-25-21(19)28(26-20)16-12-8-5-9-13-16/h4-14H,1-3H3. The van der Waals surface area contributed by atoms with Gasteiger partial charge in [0, 0.05) is 11.6 Å². The van der Waals surface area contributed by atoms with Crippen LogP contribution in [0, 0.1) is 0 Å². The number of carbonyl (C=O) groups is 2. The Labute approximate surface area is 173 Å².